The fraction of sp³-hybridized carbons (Fsp3) is 0.773. The van der Waals surface area contributed by atoms with E-state index in [1.54, 1.807) is 0 Å². The van der Waals surface area contributed by atoms with Gasteiger partial charge in [-0.3, -0.25) is 9.89 Å². The fourth-order valence-electron chi connectivity index (χ4n) is 4.59. The second-order valence-corrected chi connectivity index (χ2v) is 10.1. The molecule has 0 aromatic carbocycles. The van der Waals surface area contributed by atoms with Crippen LogP contribution in [0.1, 0.15) is 57.4 Å². The number of guanidine groups is 1. The lowest BCUT2D eigenvalue weighted by Gasteiger charge is -2.40. The number of aliphatic imine (C=N–C) groups is 1. The lowest BCUT2D eigenvalue weighted by molar-refractivity contribution is -0.0835. The van der Waals surface area contributed by atoms with Crippen LogP contribution in [0.3, 0.4) is 0 Å². The topological polar surface area (TPSA) is 48.9 Å². The van der Waals surface area contributed by atoms with Crippen LogP contribution in [0.15, 0.2) is 22.5 Å². The largest absolute Gasteiger partial charge is 0.377 e. The third-order valence-corrected chi connectivity index (χ3v) is 6.94. The molecule has 2 N–H and O–H groups in total. The zero-order valence-electron chi connectivity index (χ0n) is 18.0. The second kappa shape index (κ2) is 10.1. The molecule has 1 aromatic rings. The first-order chi connectivity index (χ1) is 13.5. The van der Waals surface area contributed by atoms with Gasteiger partial charge in [0.1, 0.15) is 0 Å². The van der Waals surface area contributed by atoms with Gasteiger partial charge in [-0.1, -0.05) is 26.8 Å². The van der Waals surface area contributed by atoms with Crippen molar-refractivity contribution in [3.63, 3.8) is 0 Å². The van der Waals surface area contributed by atoms with Crippen LogP contribution < -0.4 is 10.6 Å². The smallest absolute Gasteiger partial charge is 0.191 e. The van der Waals surface area contributed by atoms with Gasteiger partial charge in [0.15, 0.2) is 5.96 Å². The molecule has 158 valence electrons. The van der Waals surface area contributed by atoms with Crippen molar-refractivity contribution in [3.8, 4) is 0 Å². The molecule has 1 aromatic heterocycles. The highest BCUT2D eigenvalue weighted by atomic mass is 32.1. The highest BCUT2D eigenvalue weighted by Gasteiger charge is 2.35. The first kappa shape index (κ1) is 21.6. The Morgan fingerprint density at radius 1 is 1.29 bits per heavy atom. The molecule has 5 nitrogen and oxygen atoms in total. The van der Waals surface area contributed by atoms with Crippen molar-refractivity contribution in [3.05, 3.63) is 22.4 Å². The third kappa shape index (κ3) is 5.71. The standard InChI is InChI=1S/C22H38N4OS/c1-22(2,3)20-17(9-7-13-27-20)15-24-21(23-4)25-16-18(19-10-8-14-28-19)26-11-5-6-12-26/h8,10,14,17-18,20H,5-7,9,11-13,15-16H2,1-4H3,(H2,23,24,25). The molecule has 0 bridgehead atoms. The zero-order valence-corrected chi connectivity index (χ0v) is 18.9. The molecule has 2 saturated heterocycles. The molecule has 0 spiro atoms. The SMILES string of the molecule is CN=C(NCC1CCCOC1C(C)(C)C)NCC(c1cccs1)N1CCCC1. The van der Waals surface area contributed by atoms with E-state index in [0.717, 1.165) is 32.1 Å². The van der Waals surface area contributed by atoms with Gasteiger partial charge in [-0.15, -0.1) is 11.3 Å². The van der Waals surface area contributed by atoms with E-state index in [1.165, 1.54) is 37.2 Å². The summed E-state index contributed by atoms with van der Waals surface area (Å²) in [5.41, 5.74) is 0.170. The third-order valence-electron chi connectivity index (χ3n) is 5.97. The second-order valence-electron chi connectivity index (χ2n) is 9.17. The summed E-state index contributed by atoms with van der Waals surface area (Å²) in [6.45, 7) is 11.9. The average molecular weight is 407 g/mol. The van der Waals surface area contributed by atoms with Crippen molar-refractivity contribution in [1.29, 1.82) is 0 Å². The summed E-state index contributed by atoms with van der Waals surface area (Å²) in [6.07, 6.45) is 5.29. The predicted molar refractivity (Wildman–Crippen MR) is 119 cm³/mol. The van der Waals surface area contributed by atoms with Gasteiger partial charge in [0.2, 0.25) is 0 Å². The number of likely N-dealkylation sites (tertiary alicyclic amines) is 1. The molecule has 2 fully saturated rings. The number of ether oxygens (including phenoxy) is 1. The van der Waals surface area contributed by atoms with Gasteiger partial charge < -0.3 is 15.4 Å². The summed E-state index contributed by atoms with van der Waals surface area (Å²) in [6, 6.07) is 4.85. The first-order valence-electron chi connectivity index (χ1n) is 10.8. The molecule has 3 heterocycles. The van der Waals surface area contributed by atoms with Gasteiger partial charge in [-0.25, -0.2) is 0 Å². The number of thiophene rings is 1. The fourth-order valence-corrected chi connectivity index (χ4v) is 5.46. The van der Waals surface area contributed by atoms with Gasteiger partial charge >= 0.3 is 0 Å². The van der Waals surface area contributed by atoms with Crippen LogP contribution in [0, 0.1) is 11.3 Å². The van der Waals surface area contributed by atoms with Crippen LogP contribution >= 0.6 is 11.3 Å². The van der Waals surface area contributed by atoms with Crippen LogP contribution in [0.4, 0.5) is 0 Å². The van der Waals surface area contributed by atoms with Gasteiger partial charge in [0, 0.05) is 37.5 Å². The molecule has 28 heavy (non-hydrogen) atoms. The Morgan fingerprint density at radius 3 is 2.71 bits per heavy atom. The van der Waals surface area contributed by atoms with E-state index in [2.05, 4.69) is 58.8 Å². The zero-order chi connectivity index (χ0) is 20.0. The van der Waals surface area contributed by atoms with Crippen LogP contribution in [0.25, 0.3) is 0 Å². The molecule has 6 heteroatoms. The Balaban J connectivity index is 1.54. The molecular formula is C22H38N4OS. The van der Waals surface area contributed by atoms with Crippen molar-refractivity contribution in [2.75, 3.05) is 39.8 Å². The van der Waals surface area contributed by atoms with Crippen LogP contribution in [-0.4, -0.2) is 56.8 Å². The lowest BCUT2D eigenvalue weighted by atomic mass is 9.78. The number of hydrogen-bond donors (Lipinski definition) is 2. The van der Waals surface area contributed by atoms with Crippen molar-refractivity contribution >= 4 is 17.3 Å². The summed E-state index contributed by atoms with van der Waals surface area (Å²) in [5, 5.41) is 9.35. The van der Waals surface area contributed by atoms with Crippen molar-refractivity contribution in [2.24, 2.45) is 16.3 Å². The maximum absolute atomic E-state index is 6.13. The average Bonchev–Trinajstić information content (AvgIpc) is 3.38. The van der Waals surface area contributed by atoms with E-state index < -0.39 is 0 Å². The number of nitrogens with one attached hydrogen (secondary N) is 2. The summed E-state index contributed by atoms with van der Waals surface area (Å²) >= 11 is 1.86. The minimum Gasteiger partial charge on any atom is -0.377 e. The number of nitrogens with zero attached hydrogens (tertiary/aromatic N) is 2. The van der Waals surface area contributed by atoms with Gasteiger partial charge in [0.25, 0.3) is 0 Å². The van der Waals surface area contributed by atoms with Gasteiger partial charge in [0.05, 0.1) is 12.1 Å². The van der Waals surface area contributed by atoms with Crippen molar-refractivity contribution in [2.45, 2.75) is 58.6 Å². The molecule has 3 atom stereocenters. The summed E-state index contributed by atoms with van der Waals surface area (Å²) in [4.78, 5) is 8.53. The molecule has 0 amide bonds. The molecule has 2 aliphatic heterocycles. The molecule has 3 unspecified atom stereocenters. The molecule has 2 aliphatic rings. The summed E-state index contributed by atoms with van der Waals surface area (Å²) < 4.78 is 6.13. The van der Waals surface area contributed by atoms with E-state index in [0.29, 0.717) is 18.1 Å². The van der Waals surface area contributed by atoms with Gasteiger partial charge in [-0.2, -0.15) is 0 Å². The lowest BCUT2D eigenvalue weighted by Crippen LogP contribution is -2.48. The molecule has 0 radical (unpaired) electrons. The Hall–Kier alpha value is -1.11. The summed E-state index contributed by atoms with van der Waals surface area (Å²) in [5.74, 6) is 1.43. The van der Waals surface area contributed by atoms with Crippen molar-refractivity contribution < 1.29 is 4.74 Å². The Morgan fingerprint density at radius 2 is 2.07 bits per heavy atom. The van der Waals surface area contributed by atoms with E-state index in [1.807, 2.05) is 18.4 Å². The first-order valence-corrected chi connectivity index (χ1v) is 11.7. The Labute approximate surface area is 174 Å². The molecular weight excluding hydrogens is 368 g/mol. The minimum atomic E-state index is 0.170. The van der Waals surface area contributed by atoms with Crippen LogP contribution in [0.2, 0.25) is 0 Å². The Kier molecular flexibility index (Phi) is 7.77. The molecule has 0 aliphatic carbocycles. The minimum absolute atomic E-state index is 0.170. The van der Waals surface area contributed by atoms with E-state index in [-0.39, 0.29) is 5.41 Å². The number of rotatable bonds is 6. The monoisotopic (exact) mass is 406 g/mol. The maximum Gasteiger partial charge on any atom is 0.191 e. The predicted octanol–water partition coefficient (Wildman–Crippen LogP) is 3.89. The normalized spacial score (nSPS) is 25.6. The maximum atomic E-state index is 6.13. The van der Waals surface area contributed by atoms with Crippen LogP contribution in [0.5, 0.6) is 0 Å². The Bertz CT molecular complexity index is 605. The highest BCUT2D eigenvalue weighted by Crippen LogP contribution is 2.33. The van der Waals surface area contributed by atoms with Gasteiger partial charge in [-0.05, 0) is 55.6 Å². The number of hydrogen-bond acceptors (Lipinski definition) is 4. The quantitative estimate of drug-likeness (QED) is 0.556. The highest BCUT2D eigenvalue weighted by molar-refractivity contribution is 7.10. The van der Waals surface area contributed by atoms with Crippen LogP contribution in [-0.2, 0) is 4.74 Å². The molecule has 0 saturated carbocycles. The summed E-state index contributed by atoms with van der Waals surface area (Å²) in [7, 11) is 1.87. The van der Waals surface area contributed by atoms with E-state index >= 15 is 0 Å². The molecule has 3 rings (SSSR count). The van der Waals surface area contributed by atoms with E-state index in [4.69, 9.17) is 4.74 Å². The van der Waals surface area contributed by atoms with Crippen molar-refractivity contribution in [1.82, 2.24) is 15.5 Å². The van der Waals surface area contributed by atoms with E-state index in [9.17, 15) is 0 Å².